The van der Waals surface area contributed by atoms with Crippen LogP contribution in [0.1, 0.15) is 20.8 Å². The lowest BCUT2D eigenvalue weighted by Gasteiger charge is -2.12. The predicted molar refractivity (Wildman–Crippen MR) is 87.1 cm³/mol. The molecule has 2 aromatic rings. The van der Waals surface area contributed by atoms with Gasteiger partial charge in [0.15, 0.2) is 11.5 Å². The van der Waals surface area contributed by atoms with Crippen molar-refractivity contribution in [3.63, 3.8) is 0 Å². The summed E-state index contributed by atoms with van der Waals surface area (Å²) < 4.78 is 11.8. The van der Waals surface area contributed by atoms with Crippen LogP contribution in [0.15, 0.2) is 28.1 Å². The third-order valence-corrected chi connectivity index (χ3v) is 6.35. The number of halogens is 2. The number of alkyl halides is 1. The van der Waals surface area contributed by atoms with Crippen LogP contribution in [0.2, 0.25) is 0 Å². The molecule has 102 valence electrons. The quantitative estimate of drug-likeness (QED) is 0.640. The van der Waals surface area contributed by atoms with Crippen molar-refractivity contribution >= 4 is 43.2 Å². The Morgan fingerprint density at radius 3 is 2.32 bits per heavy atom. The van der Waals surface area contributed by atoms with Crippen LogP contribution in [0.4, 0.5) is 0 Å². The Bertz CT molecular complexity index is 561. The summed E-state index contributed by atoms with van der Waals surface area (Å²) in [5.74, 6) is 1.49. The molecule has 0 aliphatic heterocycles. The second kappa shape index (κ2) is 6.29. The molecule has 0 radical (unpaired) electrons. The van der Waals surface area contributed by atoms with Gasteiger partial charge in [0.05, 0.1) is 22.8 Å². The van der Waals surface area contributed by atoms with E-state index in [-0.39, 0.29) is 4.83 Å². The molecule has 1 heterocycles. The number of aryl methyl sites for hydroxylation is 1. The number of hydrogen-bond acceptors (Lipinski definition) is 3. The van der Waals surface area contributed by atoms with Gasteiger partial charge in [0, 0.05) is 4.88 Å². The fraction of sp³-hybridized carbons (Fsp3) is 0.286. The standard InChI is InChI=1S/C14H14Br2O2S/c1-8-6-12(19-14(8)16)13(15)9-4-5-10(17-2)11(7-9)18-3/h4-7,13H,1-3H3. The van der Waals surface area contributed by atoms with E-state index < -0.39 is 0 Å². The molecular formula is C14H14Br2O2S. The molecule has 2 rings (SSSR count). The first kappa shape index (κ1) is 14.9. The van der Waals surface area contributed by atoms with Gasteiger partial charge in [-0.25, -0.2) is 0 Å². The normalized spacial score (nSPS) is 12.3. The average molecular weight is 406 g/mol. The van der Waals surface area contributed by atoms with Gasteiger partial charge < -0.3 is 9.47 Å². The van der Waals surface area contributed by atoms with Crippen LogP contribution in [-0.2, 0) is 0 Å². The molecule has 5 heteroatoms. The average Bonchev–Trinajstić information content (AvgIpc) is 2.77. The van der Waals surface area contributed by atoms with Gasteiger partial charge >= 0.3 is 0 Å². The molecule has 0 amide bonds. The molecule has 19 heavy (non-hydrogen) atoms. The lowest BCUT2D eigenvalue weighted by Crippen LogP contribution is -1.94. The van der Waals surface area contributed by atoms with Crippen LogP contribution in [0, 0.1) is 6.92 Å². The first-order valence-corrected chi connectivity index (χ1v) is 8.21. The summed E-state index contributed by atoms with van der Waals surface area (Å²) in [5.41, 5.74) is 2.40. The van der Waals surface area contributed by atoms with Gasteiger partial charge in [-0.1, -0.05) is 22.0 Å². The van der Waals surface area contributed by atoms with Crippen LogP contribution in [0.3, 0.4) is 0 Å². The minimum Gasteiger partial charge on any atom is -0.493 e. The van der Waals surface area contributed by atoms with Crippen molar-refractivity contribution in [3.05, 3.63) is 44.1 Å². The highest BCUT2D eigenvalue weighted by Crippen LogP contribution is 2.41. The van der Waals surface area contributed by atoms with Crippen LogP contribution in [0.25, 0.3) is 0 Å². The van der Waals surface area contributed by atoms with Crippen molar-refractivity contribution < 1.29 is 9.47 Å². The Morgan fingerprint density at radius 2 is 1.79 bits per heavy atom. The van der Waals surface area contributed by atoms with E-state index in [2.05, 4.69) is 44.8 Å². The van der Waals surface area contributed by atoms with Gasteiger partial charge in [0.1, 0.15) is 0 Å². The molecule has 0 spiro atoms. The van der Waals surface area contributed by atoms with E-state index in [1.165, 1.54) is 14.2 Å². The van der Waals surface area contributed by atoms with Crippen LogP contribution in [0.5, 0.6) is 11.5 Å². The summed E-state index contributed by atoms with van der Waals surface area (Å²) >= 11 is 9.04. The van der Waals surface area contributed by atoms with Gasteiger partial charge in [-0.15, -0.1) is 11.3 Å². The topological polar surface area (TPSA) is 18.5 Å². The first-order valence-electron chi connectivity index (χ1n) is 5.68. The predicted octanol–water partition coefficient (Wildman–Crippen LogP) is 5.32. The second-order valence-corrected chi connectivity index (χ2v) is 7.40. The number of hydrogen-bond donors (Lipinski definition) is 0. The Labute approximate surface area is 134 Å². The van der Waals surface area contributed by atoms with Crippen molar-refractivity contribution in [1.82, 2.24) is 0 Å². The van der Waals surface area contributed by atoms with E-state index >= 15 is 0 Å². The number of benzene rings is 1. The molecule has 0 aliphatic carbocycles. The van der Waals surface area contributed by atoms with E-state index in [4.69, 9.17) is 9.47 Å². The molecule has 0 fully saturated rings. The third kappa shape index (κ3) is 3.15. The maximum Gasteiger partial charge on any atom is 0.161 e. The summed E-state index contributed by atoms with van der Waals surface area (Å²) in [4.78, 5) is 1.42. The highest BCUT2D eigenvalue weighted by Gasteiger charge is 2.16. The Hall–Kier alpha value is -0.520. The Kier molecular flexibility index (Phi) is 4.92. The fourth-order valence-electron chi connectivity index (χ4n) is 1.78. The monoisotopic (exact) mass is 404 g/mol. The molecule has 1 aromatic heterocycles. The number of thiophene rings is 1. The zero-order valence-electron chi connectivity index (χ0n) is 10.9. The number of rotatable bonds is 4. The molecule has 0 saturated heterocycles. The minimum absolute atomic E-state index is 0.155. The molecule has 0 N–H and O–H groups in total. The second-order valence-electron chi connectivity index (χ2n) is 4.08. The van der Waals surface area contributed by atoms with Gasteiger partial charge in [-0.3, -0.25) is 0 Å². The summed E-state index contributed by atoms with van der Waals surface area (Å²) in [6.07, 6.45) is 0. The molecule has 0 bridgehead atoms. The smallest absolute Gasteiger partial charge is 0.161 e. The third-order valence-electron chi connectivity index (χ3n) is 2.83. The van der Waals surface area contributed by atoms with Crippen LogP contribution < -0.4 is 9.47 Å². The highest BCUT2D eigenvalue weighted by atomic mass is 79.9. The Balaban J connectivity index is 2.35. The fourth-order valence-corrected chi connectivity index (χ4v) is 4.06. The summed E-state index contributed by atoms with van der Waals surface area (Å²) in [6.45, 7) is 2.10. The zero-order valence-corrected chi connectivity index (χ0v) is 14.9. The van der Waals surface area contributed by atoms with Crippen molar-refractivity contribution in [3.8, 4) is 11.5 Å². The van der Waals surface area contributed by atoms with Gasteiger partial charge in [-0.05, 0) is 52.2 Å². The molecule has 0 aliphatic rings. The number of ether oxygens (including phenoxy) is 2. The highest BCUT2D eigenvalue weighted by molar-refractivity contribution is 9.11. The minimum atomic E-state index is 0.155. The van der Waals surface area contributed by atoms with E-state index in [1.807, 2.05) is 18.2 Å². The van der Waals surface area contributed by atoms with Gasteiger partial charge in [-0.2, -0.15) is 0 Å². The largest absolute Gasteiger partial charge is 0.493 e. The van der Waals surface area contributed by atoms with Crippen molar-refractivity contribution in [1.29, 1.82) is 0 Å². The number of methoxy groups -OCH3 is 2. The van der Waals surface area contributed by atoms with E-state index in [1.54, 1.807) is 25.6 Å². The summed E-state index contributed by atoms with van der Waals surface area (Å²) in [6, 6.07) is 8.16. The molecule has 1 unspecified atom stereocenters. The van der Waals surface area contributed by atoms with Crippen molar-refractivity contribution in [2.45, 2.75) is 11.8 Å². The van der Waals surface area contributed by atoms with E-state index in [0.717, 1.165) is 17.1 Å². The lowest BCUT2D eigenvalue weighted by molar-refractivity contribution is 0.354. The maximum absolute atomic E-state index is 5.34. The summed E-state index contributed by atoms with van der Waals surface area (Å²) in [5, 5.41) is 0. The maximum atomic E-state index is 5.34. The van der Waals surface area contributed by atoms with Crippen LogP contribution in [-0.4, -0.2) is 14.2 Å². The molecule has 0 saturated carbocycles. The van der Waals surface area contributed by atoms with E-state index in [0.29, 0.717) is 0 Å². The molecule has 1 atom stereocenters. The summed E-state index contributed by atoms with van der Waals surface area (Å²) in [7, 11) is 3.29. The molecular weight excluding hydrogens is 392 g/mol. The van der Waals surface area contributed by atoms with Gasteiger partial charge in [0.2, 0.25) is 0 Å². The van der Waals surface area contributed by atoms with Crippen molar-refractivity contribution in [2.24, 2.45) is 0 Å². The molecule has 2 nitrogen and oxygen atoms in total. The molecule has 1 aromatic carbocycles. The first-order chi connectivity index (χ1) is 9.06. The van der Waals surface area contributed by atoms with Crippen molar-refractivity contribution in [2.75, 3.05) is 14.2 Å². The van der Waals surface area contributed by atoms with Crippen LogP contribution >= 0.6 is 43.2 Å². The Morgan fingerprint density at radius 1 is 1.11 bits per heavy atom. The lowest BCUT2D eigenvalue weighted by atomic mass is 10.1. The zero-order chi connectivity index (χ0) is 14.0. The van der Waals surface area contributed by atoms with Gasteiger partial charge in [0.25, 0.3) is 0 Å². The van der Waals surface area contributed by atoms with E-state index in [9.17, 15) is 0 Å². The SMILES string of the molecule is COc1ccc(C(Br)c2cc(C)c(Br)s2)cc1OC.